The highest BCUT2D eigenvalue weighted by molar-refractivity contribution is 6.16. The van der Waals surface area contributed by atoms with Crippen LogP contribution in [-0.2, 0) is 16.0 Å². The minimum Gasteiger partial charge on any atom is -0.507 e. The number of amides is 1. The Morgan fingerprint density at radius 3 is 2.41 bits per heavy atom. The van der Waals surface area contributed by atoms with E-state index in [-0.39, 0.29) is 18.4 Å². The van der Waals surface area contributed by atoms with Crippen molar-refractivity contribution in [3.05, 3.63) is 41.2 Å². The standard InChI is InChI=1S/C24H28N2O6/c1-4-30-23(28)19-15(3)32-22-17-9-7-6-8-16(17)21(27)18(20(19)22)14-25-10-12-26(13-11-25)24(29)31-5-2/h6-9,27H,4-5,10-14H2,1-3H3/p+1. The Morgan fingerprint density at radius 2 is 1.75 bits per heavy atom. The van der Waals surface area contributed by atoms with Crippen molar-refractivity contribution in [1.29, 1.82) is 0 Å². The largest absolute Gasteiger partial charge is 0.507 e. The molecule has 1 fully saturated rings. The number of carbonyl (C=O) groups excluding carboxylic acids is 2. The van der Waals surface area contributed by atoms with Crippen molar-refractivity contribution in [3.63, 3.8) is 0 Å². The number of furan rings is 1. The second-order valence-corrected chi connectivity index (χ2v) is 7.94. The van der Waals surface area contributed by atoms with Gasteiger partial charge in [-0.1, -0.05) is 24.3 Å². The van der Waals surface area contributed by atoms with Gasteiger partial charge >= 0.3 is 12.1 Å². The molecule has 1 saturated heterocycles. The fourth-order valence-corrected chi connectivity index (χ4v) is 4.46. The summed E-state index contributed by atoms with van der Waals surface area (Å²) in [5, 5.41) is 13.3. The maximum atomic E-state index is 12.8. The second kappa shape index (κ2) is 9.08. The molecule has 1 aromatic heterocycles. The highest BCUT2D eigenvalue weighted by atomic mass is 16.6. The number of hydrogen-bond donors (Lipinski definition) is 2. The Hall–Kier alpha value is -3.26. The molecule has 1 aliphatic heterocycles. The van der Waals surface area contributed by atoms with Crippen LogP contribution in [0, 0.1) is 6.92 Å². The summed E-state index contributed by atoms with van der Waals surface area (Å²) in [5.74, 6) is 0.166. The smallest absolute Gasteiger partial charge is 0.410 e. The molecule has 2 aromatic carbocycles. The van der Waals surface area contributed by atoms with Gasteiger partial charge < -0.3 is 23.9 Å². The Kier molecular flexibility index (Phi) is 6.23. The number of phenols is 1. The van der Waals surface area contributed by atoms with E-state index in [0.717, 1.165) is 5.39 Å². The number of aromatic hydroxyl groups is 1. The summed E-state index contributed by atoms with van der Waals surface area (Å²) in [7, 11) is 0. The van der Waals surface area contributed by atoms with E-state index in [1.54, 1.807) is 25.7 Å². The molecule has 0 spiro atoms. The van der Waals surface area contributed by atoms with Crippen LogP contribution in [0.3, 0.4) is 0 Å². The molecular formula is C24H29N2O6+. The normalized spacial score (nSPS) is 14.8. The molecule has 2 N–H and O–H groups in total. The topological polar surface area (TPSA) is 93.7 Å². The first kappa shape index (κ1) is 22.0. The molecule has 2 heterocycles. The van der Waals surface area contributed by atoms with Crippen LogP contribution in [0.2, 0.25) is 0 Å². The van der Waals surface area contributed by atoms with E-state index >= 15 is 0 Å². The van der Waals surface area contributed by atoms with Crippen molar-refractivity contribution >= 4 is 33.8 Å². The molecule has 1 aliphatic rings. The third kappa shape index (κ3) is 3.86. The van der Waals surface area contributed by atoms with Crippen LogP contribution in [0.25, 0.3) is 21.7 Å². The minimum atomic E-state index is -0.457. The van der Waals surface area contributed by atoms with E-state index in [2.05, 4.69) is 0 Å². The molecule has 8 heteroatoms. The second-order valence-electron chi connectivity index (χ2n) is 7.94. The zero-order chi connectivity index (χ0) is 22.8. The fourth-order valence-electron chi connectivity index (χ4n) is 4.46. The van der Waals surface area contributed by atoms with E-state index in [9.17, 15) is 14.7 Å². The van der Waals surface area contributed by atoms with Gasteiger partial charge in [-0.2, -0.15) is 0 Å². The lowest BCUT2D eigenvalue weighted by Gasteiger charge is -2.31. The number of esters is 1. The summed E-state index contributed by atoms with van der Waals surface area (Å²) in [5.41, 5.74) is 1.61. The van der Waals surface area contributed by atoms with E-state index in [1.807, 2.05) is 24.3 Å². The Morgan fingerprint density at radius 1 is 1.09 bits per heavy atom. The number of nitrogens with zero attached hydrogens (tertiary/aromatic N) is 1. The molecule has 0 bridgehead atoms. The van der Waals surface area contributed by atoms with Crippen LogP contribution < -0.4 is 4.90 Å². The molecular weight excluding hydrogens is 412 g/mol. The van der Waals surface area contributed by atoms with E-state index < -0.39 is 5.97 Å². The Bertz CT molecular complexity index is 1160. The molecule has 0 unspecified atom stereocenters. The summed E-state index contributed by atoms with van der Waals surface area (Å²) in [4.78, 5) is 27.7. The number of carbonyl (C=O) groups is 2. The third-order valence-electron chi connectivity index (χ3n) is 6.00. The number of nitrogens with one attached hydrogen (secondary N) is 1. The molecule has 4 rings (SSSR count). The van der Waals surface area contributed by atoms with Crippen molar-refractivity contribution < 1.29 is 33.5 Å². The zero-order valence-electron chi connectivity index (χ0n) is 18.7. The van der Waals surface area contributed by atoms with E-state index in [0.29, 0.717) is 72.6 Å². The predicted octanol–water partition coefficient (Wildman–Crippen LogP) is 2.63. The first-order valence-corrected chi connectivity index (χ1v) is 11.0. The molecule has 0 atom stereocenters. The van der Waals surface area contributed by atoms with Gasteiger partial charge in [0, 0.05) is 16.2 Å². The maximum Gasteiger partial charge on any atom is 0.410 e. The van der Waals surface area contributed by atoms with Gasteiger partial charge in [0.05, 0.1) is 45.0 Å². The van der Waals surface area contributed by atoms with Crippen LogP contribution in [0.4, 0.5) is 4.79 Å². The fraction of sp³-hybridized carbons (Fsp3) is 0.417. The van der Waals surface area contributed by atoms with Crippen LogP contribution in [-0.4, -0.2) is 61.5 Å². The lowest BCUT2D eigenvalue weighted by Crippen LogP contribution is -3.13. The number of piperazine rings is 1. The zero-order valence-corrected chi connectivity index (χ0v) is 18.7. The van der Waals surface area contributed by atoms with Gasteiger partial charge in [0.25, 0.3) is 0 Å². The molecule has 0 aliphatic carbocycles. The van der Waals surface area contributed by atoms with Gasteiger partial charge in [-0.25, -0.2) is 9.59 Å². The highest BCUT2D eigenvalue weighted by Gasteiger charge is 2.30. The SMILES string of the molecule is CCOC(=O)c1c(C)oc2c1c(C[NH+]1CCN(C(=O)OCC)CC1)c(O)c1ccccc12. The summed E-state index contributed by atoms with van der Waals surface area (Å²) < 4.78 is 16.4. The van der Waals surface area contributed by atoms with Gasteiger partial charge in [0.2, 0.25) is 0 Å². The number of ether oxygens (including phenoxy) is 2. The molecule has 1 amide bonds. The number of quaternary nitrogens is 1. The number of fused-ring (bicyclic) bond motifs is 3. The first-order valence-electron chi connectivity index (χ1n) is 11.0. The van der Waals surface area contributed by atoms with Crippen LogP contribution >= 0.6 is 0 Å². The summed E-state index contributed by atoms with van der Waals surface area (Å²) in [6.07, 6.45) is -0.294. The number of benzene rings is 2. The van der Waals surface area contributed by atoms with Crippen molar-refractivity contribution in [1.82, 2.24) is 4.90 Å². The van der Waals surface area contributed by atoms with Crippen LogP contribution in [0.5, 0.6) is 5.75 Å². The molecule has 3 aromatic rings. The lowest BCUT2D eigenvalue weighted by atomic mass is 9.97. The maximum absolute atomic E-state index is 12.8. The quantitative estimate of drug-likeness (QED) is 0.592. The van der Waals surface area contributed by atoms with Crippen molar-refractivity contribution in [3.8, 4) is 5.75 Å². The summed E-state index contributed by atoms with van der Waals surface area (Å²) in [6, 6.07) is 7.47. The Balaban J connectivity index is 1.75. The minimum absolute atomic E-state index is 0.153. The third-order valence-corrected chi connectivity index (χ3v) is 6.00. The van der Waals surface area contributed by atoms with Gasteiger partial charge in [-0.15, -0.1) is 0 Å². The molecule has 32 heavy (non-hydrogen) atoms. The molecule has 8 nitrogen and oxygen atoms in total. The Labute approximate surface area is 186 Å². The van der Waals surface area contributed by atoms with Gasteiger partial charge in [0.1, 0.15) is 29.2 Å². The lowest BCUT2D eigenvalue weighted by molar-refractivity contribution is -0.917. The molecule has 0 saturated carbocycles. The van der Waals surface area contributed by atoms with Gasteiger partial charge in [-0.05, 0) is 20.8 Å². The molecule has 170 valence electrons. The summed E-state index contributed by atoms with van der Waals surface area (Å²) in [6.45, 7) is 8.95. The van der Waals surface area contributed by atoms with Crippen LogP contribution in [0.15, 0.2) is 28.7 Å². The van der Waals surface area contributed by atoms with Crippen LogP contribution in [0.1, 0.15) is 35.5 Å². The first-order chi connectivity index (χ1) is 15.5. The number of phenolic OH excluding ortho intramolecular Hbond substituents is 1. The van der Waals surface area contributed by atoms with Crippen molar-refractivity contribution in [2.75, 3.05) is 39.4 Å². The highest BCUT2D eigenvalue weighted by Crippen LogP contribution is 2.41. The monoisotopic (exact) mass is 441 g/mol. The van der Waals surface area contributed by atoms with Crippen molar-refractivity contribution in [2.45, 2.75) is 27.3 Å². The van der Waals surface area contributed by atoms with E-state index in [4.69, 9.17) is 13.9 Å². The average molecular weight is 442 g/mol. The summed E-state index contributed by atoms with van der Waals surface area (Å²) >= 11 is 0. The average Bonchev–Trinajstić information content (AvgIpc) is 3.14. The predicted molar refractivity (Wildman–Crippen MR) is 119 cm³/mol. The number of hydrogen-bond acceptors (Lipinski definition) is 6. The molecule has 0 radical (unpaired) electrons. The van der Waals surface area contributed by atoms with Crippen molar-refractivity contribution in [2.24, 2.45) is 0 Å². The number of rotatable bonds is 5. The number of aryl methyl sites for hydroxylation is 1. The van der Waals surface area contributed by atoms with Gasteiger partial charge in [-0.3, -0.25) is 4.90 Å². The van der Waals surface area contributed by atoms with Gasteiger partial charge in [0.15, 0.2) is 0 Å². The van der Waals surface area contributed by atoms with E-state index in [1.165, 1.54) is 4.90 Å².